The fourth-order valence-corrected chi connectivity index (χ4v) is 2.99. The molecule has 2 atom stereocenters. The van der Waals surface area contributed by atoms with Crippen molar-refractivity contribution in [2.45, 2.75) is 92.4 Å². The summed E-state index contributed by atoms with van der Waals surface area (Å²) in [5, 5.41) is 8.68. The van der Waals surface area contributed by atoms with Crippen molar-refractivity contribution in [1.29, 1.82) is 0 Å². The van der Waals surface area contributed by atoms with Gasteiger partial charge in [-0.05, 0) is 37.5 Å². The summed E-state index contributed by atoms with van der Waals surface area (Å²) in [7, 11) is 0. The number of allylic oxidation sites excluding steroid dienone is 1. The van der Waals surface area contributed by atoms with Gasteiger partial charge in [0.1, 0.15) is 0 Å². The molecule has 0 aliphatic carbocycles. The van der Waals surface area contributed by atoms with Crippen LogP contribution in [0.3, 0.4) is 0 Å². The maximum Gasteiger partial charge on any atom is 0.328 e. The molecule has 0 aliphatic rings. The molecule has 23 heavy (non-hydrogen) atoms. The third-order valence-electron chi connectivity index (χ3n) is 4.51. The molecule has 0 unspecified atom stereocenters. The van der Waals surface area contributed by atoms with Gasteiger partial charge in [0.2, 0.25) is 0 Å². The van der Waals surface area contributed by atoms with Crippen LogP contribution in [0.1, 0.15) is 92.4 Å². The van der Waals surface area contributed by atoms with Crippen LogP contribution in [-0.4, -0.2) is 11.1 Å². The van der Waals surface area contributed by atoms with E-state index in [9.17, 15) is 4.79 Å². The molecule has 0 amide bonds. The summed E-state index contributed by atoms with van der Waals surface area (Å²) in [5.74, 6) is 1.65. The van der Waals surface area contributed by atoms with Crippen molar-refractivity contribution in [3.05, 3.63) is 11.6 Å². The fourth-order valence-electron chi connectivity index (χ4n) is 2.99. The Morgan fingerprint density at radius 2 is 1.30 bits per heavy atom. The van der Waals surface area contributed by atoms with E-state index >= 15 is 0 Å². The summed E-state index contributed by atoms with van der Waals surface area (Å²) >= 11 is 0. The van der Waals surface area contributed by atoms with Crippen LogP contribution in [0, 0.1) is 53.4 Å². The molecule has 133 valence electrons. The van der Waals surface area contributed by atoms with E-state index in [4.69, 9.17) is 5.11 Å². The second kappa shape index (κ2) is 15.9. The van der Waals surface area contributed by atoms with Gasteiger partial charge in [0.25, 0.3) is 0 Å². The molecule has 3 heteroatoms. The maximum atomic E-state index is 10.5. The van der Waals surface area contributed by atoms with Crippen molar-refractivity contribution >= 4 is 5.97 Å². The molecule has 0 spiro atoms. The van der Waals surface area contributed by atoms with Crippen LogP contribution in [0.25, 0.3) is 0 Å². The van der Waals surface area contributed by atoms with Crippen molar-refractivity contribution in [1.82, 2.24) is 0 Å². The molecule has 0 aromatic carbocycles. The minimum absolute atomic E-state index is 0. The Morgan fingerprint density at radius 1 is 0.870 bits per heavy atom. The normalized spacial score (nSPS) is 14.4. The van der Waals surface area contributed by atoms with Gasteiger partial charge in [-0.3, -0.25) is 0 Å². The zero-order chi connectivity index (χ0) is 17.0. The first kappa shape index (κ1) is 25.6. The van der Waals surface area contributed by atoms with Crippen LogP contribution in [0.2, 0.25) is 0 Å². The predicted octanol–water partition coefficient (Wildman–Crippen LogP) is 6.46. The summed E-state index contributed by atoms with van der Waals surface area (Å²) in [6.45, 7) is 11.3. The molecule has 1 radical (unpaired) electrons. The molecule has 1 N–H and O–H groups in total. The smallest absolute Gasteiger partial charge is 0.328 e. The van der Waals surface area contributed by atoms with Crippen molar-refractivity contribution in [2.24, 2.45) is 17.8 Å². The van der Waals surface area contributed by atoms with Gasteiger partial charge in [-0.1, -0.05) is 78.2 Å². The molecule has 0 fully saturated rings. The van der Waals surface area contributed by atoms with Crippen LogP contribution < -0.4 is 0 Å². The molecule has 0 bridgehead atoms. The van der Waals surface area contributed by atoms with E-state index in [-0.39, 0.29) is 35.6 Å². The molecule has 0 saturated heterocycles. The monoisotopic (exact) mass is 449 g/mol. The Labute approximate surface area is 172 Å². The quantitative estimate of drug-likeness (QED) is 0.328. The number of hydrogen-bond donors (Lipinski definition) is 1. The molecular formula is C20H38LaO2. The third-order valence-corrected chi connectivity index (χ3v) is 4.51. The zero-order valence-corrected chi connectivity index (χ0v) is 19.7. The van der Waals surface area contributed by atoms with Gasteiger partial charge in [0.15, 0.2) is 0 Å². The van der Waals surface area contributed by atoms with Crippen LogP contribution in [0.5, 0.6) is 0 Å². The molecular weight excluding hydrogens is 411 g/mol. The van der Waals surface area contributed by atoms with E-state index in [1.54, 1.807) is 0 Å². The van der Waals surface area contributed by atoms with E-state index in [2.05, 4.69) is 27.7 Å². The summed E-state index contributed by atoms with van der Waals surface area (Å²) < 4.78 is 0. The first-order chi connectivity index (χ1) is 10.3. The van der Waals surface area contributed by atoms with E-state index in [1.165, 1.54) is 51.0 Å². The topological polar surface area (TPSA) is 37.3 Å². The fraction of sp³-hybridized carbons (Fsp3) is 0.850. The molecule has 0 heterocycles. The van der Waals surface area contributed by atoms with Crippen molar-refractivity contribution in [3.63, 3.8) is 0 Å². The Bertz CT molecular complexity index is 324. The number of rotatable bonds is 13. The molecule has 0 aromatic rings. The largest absolute Gasteiger partial charge is 0.478 e. The first-order valence-corrected chi connectivity index (χ1v) is 9.21. The van der Waals surface area contributed by atoms with Gasteiger partial charge in [-0.15, -0.1) is 0 Å². The second-order valence-corrected chi connectivity index (χ2v) is 7.69. The number of carboxylic acid groups (broad SMARTS) is 1. The second-order valence-electron chi connectivity index (χ2n) is 7.69. The van der Waals surface area contributed by atoms with Crippen molar-refractivity contribution in [3.8, 4) is 0 Å². The summed E-state index contributed by atoms with van der Waals surface area (Å²) in [4.78, 5) is 10.5. The van der Waals surface area contributed by atoms with Gasteiger partial charge in [0.05, 0.1) is 0 Å². The van der Waals surface area contributed by atoms with Crippen LogP contribution >= 0.6 is 0 Å². The zero-order valence-electron chi connectivity index (χ0n) is 16.1. The SMILES string of the molecule is C/C(=C\C(=O)O)CCC[C@H](C)CCC[C@H](C)CCCC(C)C.[La]. The molecule has 0 aliphatic heterocycles. The van der Waals surface area contributed by atoms with E-state index in [0.29, 0.717) is 0 Å². The number of carbonyl (C=O) groups is 1. The minimum atomic E-state index is -0.822. The Kier molecular flexibility index (Phi) is 17.7. The van der Waals surface area contributed by atoms with E-state index in [1.807, 2.05) is 6.92 Å². The predicted molar refractivity (Wildman–Crippen MR) is 96.1 cm³/mol. The van der Waals surface area contributed by atoms with E-state index < -0.39 is 5.97 Å². The average Bonchev–Trinajstić information content (AvgIpc) is 2.37. The molecule has 0 rings (SSSR count). The summed E-state index contributed by atoms with van der Waals surface area (Å²) in [6.07, 6.45) is 12.7. The summed E-state index contributed by atoms with van der Waals surface area (Å²) in [6, 6.07) is 0. The van der Waals surface area contributed by atoms with Crippen molar-refractivity contribution < 1.29 is 45.5 Å². The van der Waals surface area contributed by atoms with Crippen LogP contribution in [-0.2, 0) is 4.79 Å². The van der Waals surface area contributed by atoms with Gasteiger partial charge in [-0.25, -0.2) is 4.79 Å². The third kappa shape index (κ3) is 18.6. The van der Waals surface area contributed by atoms with Gasteiger partial charge < -0.3 is 5.11 Å². The van der Waals surface area contributed by atoms with Crippen molar-refractivity contribution in [2.75, 3.05) is 0 Å². The Morgan fingerprint density at radius 3 is 1.74 bits per heavy atom. The molecule has 0 saturated carbocycles. The Balaban J connectivity index is 0. The van der Waals surface area contributed by atoms with Gasteiger partial charge >= 0.3 is 5.97 Å². The van der Waals surface area contributed by atoms with Gasteiger partial charge in [-0.2, -0.15) is 0 Å². The van der Waals surface area contributed by atoms with E-state index in [0.717, 1.165) is 36.2 Å². The standard InChI is InChI=1S/C20H38O2.La/c1-16(2)9-6-10-17(3)11-7-12-18(4)13-8-14-19(5)15-20(21)22;/h15-18H,6-14H2,1-5H3,(H,21,22);/b19-15+;/t17-,18-;/m1./s1. The Hall–Kier alpha value is 0.405. The minimum Gasteiger partial charge on any atom is -0.478 e. The maximum absolute atomic E-state index is 10.5. The first-order valence-electron chi connectivity index (χ1n) is 9.21. The average molecular weight is 449 g/mol. The van der Waals surface area contributed by atoms with Crippen LogP contribution in [0.4, 0.5) is 0 Å². The number of hydrogen-bond acceptors (Lipinski definition) is 1. The molecule has 0 aromatic heterocycles. The summed E-state index contributed by atoms with van der Waals surface area (Å²) in [5.41, 5.74) is 0.985. The van der Waals surface area contributed by atoms with Crippen LogP contribution in [0.15, 0.2) is 11.6 Å². The number of carboxylic acids is 1. The number of aliphatic carboxylic acids is 1. The molecule has 2 nitrogen and oxygen atoms in total. The van der Waals surface area contributed by atoms with Gasteiger partial charge in [0, 0.05) is 41.7 Å².